The SMILES string of the molecule is CC(NC1CCCC(C)C1C)c1cccc(F)c1F. The van der Waals surface area contributed by atoms with Crippen molar-refractivity contribution in [3.05, 3.63) is 35.4 Å². The van der Waals surface area contributed by atoms with E-state index in [1.54, 1.807) is 12.1 Å². The molecule has 1 fully saturated rings. The van der Waals surface area contributed by atoms with E-state index in [4.69, 9.17) is 0 Å². The fourth-order valence-corrected chi connectivity index (χ4v) is 3.08. The minimum absolute atomic E-state index is 0.159. The molecule has 0 amide bonds. The van der Waals surface area contributed by atoms with Crippen LogP contribution in [0.25, 0.3) is 0 Å². The van der Waals surface area contributed by atoms with E-state index in [0.29, 0.717) is 23.4 Å². The van der Waals surface area contributed by atoms with Crippen LogP contribution in [0.3, 0.4) is 0 Å². The smallest absolute Gasteiger partial charge is 0.163 e. The summed E-state index contributed by atoms with van der Waals surface area (Å²) in [5.74, 6) is -0.223. The summed E-state index contributed by atoms with van der Waals surface area (Å²) in [7, 11) is 0. The quantitative estimate of drug-likeness (QED) is 0.853. The molecule has 3 heteroatoms. The van der Waals surface area contributed by atoms with E-state index in [-0.39, 0.29) is 6.04 Å². The third-order valence-corrected chi connectivity index (χ3v) is 4.62. The van der Waals surface area contributed by atoms with E-state index >= 15 is 0 Å². The molecular formula is C16H23F2N. The van der Waals surface area contributed by atoms with Gasteiger partial charge in [-0.3, -0.25) is 0 Å². The fraction of sp³-hybridized carbons (Fsp3) is 0.625. The summed E-state index contributed by atoms with van der Waals surface area (Å²) in [6.07, 6.45) is 3.59. The van der Waals surface area contributed by atoms with Gasteiger partial charge in [-0.25, -0.2) is 8.78 Å². The Labute approximate surface area is 114 Å². The van der Waals surface area contributed by atoms with Crippen molar-refractivity contribution in [2.24, 2.45) is 11.8 Å². The number of rotatable bonds is 3. The van der Waals surface area contributed by atoms with Crippen LogP contribution >= 0.6 is 0 Å². The van der Waals surface area contributed by atoms with Crippen LogP contribution in [-0.4, -0.2) is 6.04 Å². The highest BCUT2D eigenvalue weighted by atomic mass is 19.2. The molecule has 0 saturated heterocycles. The van der Waals surface area contributed by atoms with Crippen molar-refractivity contribution in [3.8, 4) is 0 Å². The Morgan fingerprint density at radius 3 is 2.68 bits per heavy atom. The highest BCUT2D eigenvalue weighted by molar-refractivity contribution is 5.22. The van der Waals surface area contributed by atoms with Gasteiger partial charge in [0.1, 0.15) is 0 Å². The Kier molecular flexibility index (Phi) is 4.56. The number of halogens is 2. The van der Waals surface area contributed by atoms with Crippen LogP contribution < -0.4 is 5.32 Å². The topological polar surface area (TPSA) is 12.0 Å². The maximum Gasteiger partial charge on any atom is 0.163 e. The lowest BCUT2D eigenvalue weighted by molar-refractivity contribution is 0.195. The first kappa shape index (κ1) is 14.4. The Hall–Kier alpha value is -0.960. The second-order valence-corrected chi connectivity index (χ2v) is 5.91. The highest BCUT2D eigenvalue weighted by Gasteiger charge is 2.28. The van der Waals surface area contributed by atoms with Crippen LogP contribution in [0.4, 0.5) is 8.78 Å². The highest BCUT2D eigenvalue weighted by Crippen LogP contribution is 2.31. The molecule has 0 aliphatic heterocycles. The zero-order valence-corrected chi connectivity index (χ0v) is 11.9. The summed E-state index contributed by atoms with van der Waals surface area (Å²) >= 11 is 0. The minimum Gasteiger partial charge on any atom is -0.307 e. The van der Waals surface area contributed by atoms with E-state index < -0.39 is 11.6 Å². The first-order chi connectivity index (χ1) is 9.00. The summed E-state index contributed by atoms with van der Waals surface area (Å²) in [5.41, 5.74) is 0.422. The summed E-state index contributed by atoms with van der Waals surface area (Å²) < 4.78 is 27.0. The molecule has 0 aromatic heterocycles. The molecule has 0 heterocycles. The van der Waals surface area contributed by atoms with Crippen molar-refractivity contribution >= 4 is 0 Å². The molecule has 2 rings (SSSR count). The van der Waals surface area contributed by atoms with Crippen LogP contribution in [0.5, 0.6) is 0 Å². The van der Waals surface area contributed by atoms with Crippen LogP contribution in [0.2, 0.25) is 0 Å². The minimum atomic E-state index is -0.767. The summed E-state index contributed by atoms with van der Waals surface area (Å²) in [5, 5.41) is 3.48. The molecule has 106 valence electrons. The molecule has 19 heavy (non-hydrogen) atoms. The Balaban J connectivity index is 2.08. The third kappa shape index (κ3) is 3.14. The van der Waals surface area contributed by atoms with Gasteiger partial charge >= 0.3 is 0 Å². The molecule has 1 N–H and O–H groups in total. The molecule has 1 aromatic rings. The first-order valence-electron chi connectivity index (χ1n) is 7.20. The van der Waals surface area contributed by atoms with Crippen molar-refractivity contribution in [1.82, 2.24) is 5.32 Å². The summed E-state index contributed by atoms with van der Waals surface area (Å²) in [4.78, 5) is 0. The molecule has 1 aliphatic rings. The van der Waals surface area contributed by atoms with Crippen molar-refractivity contribution in [2.45, 2.75) is 52.1 Å². The average molecular weight is 267 g/mol. The normalized spacial score (nSPS) is 29.2. The largest absolute Gasteiger partial charge is 0.307 e. The standard InChI is InChI=1S/C16H23F2N/c1-10-6-4-9-15(11(10)2)19-12(3)13-7-5-8-14(17)16(13)18/h5,7-8,10-12,15,19H,4,6,9H2,1-3H3. The summed E-state index contributed by atoms with van der Waals surface area (Å²) in [6, 6.07) is 4.62. The lowest BCUT2D eigenvalue weighted by atomic mass is 9.77. The van der Waals surface area contributed by atoms with Crippen LogP contribution in [0.1, 0.15) is 51.6 Å². The Morgan fingerprint density at radius 1 is 1.21 bits per heavy atom. The van der Waals surface area contributed by atoms with E-state index in [1.165, 1.54) is 12.8 Å². The second-order valence-electron chi connectivity index (χ2n) is 5.91. The van der Waals surface area contributed by atoms with Crippen molar-refractivity contribution in [3.63, 3.8) is 0 Å². The summed E-state index contributed by atoms with van der Waals surface area (Å²) in [6.45, 7) is 6.42. The fourth-order valence-electron chi connectivity index (χ4n) is 3.08. The molecule has 4 atom stereocenters. The van der Waals surface area contributed by atoms with Gasteiger partial charge in [0.15, 0.2) is 11.6 Å². The molecule has 0 radical (unpaired) electrons. The lowest BCUT2D eigenvalue weighted by Crippen LogP contribution is -2.41. The van der Waals surface area contributed by atoms with Gasteiger partial charge in [0, 0.05) is 17.6 Å². The monoisotopic (exact) mass is 267 g/mol. The molecular weight excluding hydrogens is 244 g/mol. The number of nitrogens with one attached hydrogen (secondary N) is 1. The molecule has 0 spiro atoms. The van der Waals surface area contributed by atoms with Crippen LogP contribution in [0.15, 0.2) is 18.2 Å². The predicted octanol–water partition coefficient (Wildman–Crippen LogP) is 4.44. The van der Waals surface area contributed by atoms with Crippen molar-refractivity contribution in [2.75, 3.05) is 0 Å². The van der Waals surface area contributed by atoms with E-state index in [9.17, 15) is 8.78 Å². The molecule has 0 bridgehead atoms. The van der Waals surface area contributed by atoms with Gasteiger partial charge in [0.2, 0.25) is 0 Å². The van der Waals surface area contributed by atoms with Gasteiger partial charge in [-0.2, -0.15) is 0 Å². The maximum absolute atomic E-state index is 13.8. The second kappa shape index (κ2) is 6.00. The zero-order valence-electron chi connectivity index (χ0n) is 11.9. The van der Waals surface area contributed by atoms with E-state index in [0.717, 1.165) is 12.5 Å². The van der Waals surface area contributed by atoms with E-state index in [1.807, 2.05) is 6.92 Å². The number of benzene rings is 1. The van der Waals surface area contributed by atoms with Gasteiger partial charge in [0.05, 0.1) is 0 Å². The molecule has 1 aromatic carbocycles. The third-order valence-electron chi connectivity index (χ3n) is 4.62. The van der Waals surface area contributed by atoms with Gasteiger partial charge in [-0.15, -0.1) is 0 Å². The van der Waals surface area contributed by atoms with Crippen molar-refractivity contribution < 1.29 is 8.78 Å². The Bertz CT molecular complexity index is 433. The van der Waals surface area contributed by atoms with E-state index in [2.05, 4.69) is 19.2 Å². The van der Waals surface area contributed by atoms with Gasteiger partial charge < -0.3 is 5.32 Å². The molecule has 1 saturated carbocycles. The molecule has 4 unspecified atom stereocenters. The molecule has 1 aliphatic carbocycles. The first-order valence-corrected chi connectivity index (χ1v) is 7.20. The van der Waals surface area contributed by atoms with Crippen LogP contribution in [-0.2, 0) is 0 Å². The Morgan fingerprint density at radius 2 is 1.95 bits per heavy atom. The van der Waals surface area contributed by atoms with Crippen molar-refractivity contribution in [1.29, 1.82) is 0 Å². The average Bonchev–Trinajstić information content (AvgIpc) is 2.38. The zero-order chi connectivity index (χ0) is 14.0. The van der Waals surface area contributed by atoms with Gasteiger partial charge in [-0.1, -0.05) is 38.8 Å². The maximum atomic E-state index is 13.8. The van der Waals surface area contributed by atoms with Gasteiger partial charge in [-0.05, 0) is 31.2 Å². The van der Waals surface area contributed by atoms with Gasteiger partial charge in [0.25, 0.3) is 0 Å². The molecule has 1 nitrogen and oxygen atoms in total. The number of hydrogen-bond acceptors (Lipinski definition) is 1. The number of hydrogen-bond donors (Lipinski definition) is 1. The predicted molar refractivity (Wildman–Crippen MR) is 73.9 cm³/mol. The van der Waals surface area contributed by atoms with Crippen LogP contribution in [0, 0.1) is 23.5 Å². The lowest BCUT2D eigenvalue weighted by Gasteiger charge is -2.36.